The molecule has 0 aliphatic carbocycles. The summed E-state index contributed by atoms with van der Waals surface area (Å²) in [5.41, 5.74) is 1.89. The Kier molecular flexibility index (Phi) is 4.90. The lowest BCUT2D eigenvalue weighted by Crippen LogP contribution is -2.44. The van der Waals surface area contributed by atoms with Crippen LogP contribution >= 0.6 is 11.5 Å². The number of carbonyl (C=O) groups is 1. The van der Waals surface area contributed by atoms with Crippen molar-refractivity contribution in [2.24, 2.45) is 0 Å². The van der Waals surface area contributed by atoms with Gasteiger partial charge in [-0.15, -0.1) is 5.10 Å². The number of rotatable bonds is 5. The number of aromatic amines is 1. The van der Waals surface area contributed by atoms with Crippen molar-refractivity contribution >= 4 is 23.3 Å². The van der Waals surface area contributed by atoms with Crippen LogP contribution in [0.4, 0.5) is 5.82 Å². The standard InChI is InChI=1S/C15H22N6OS/c1-3-4-12-14(23-20-18-12)15(22)16-11-5-7-21(8-6-11)13-9-10(2)17-19-13/h9,11H,3-8H2,1-2H3,(H,16,22)(H,17,19). The number of piperidine rings is 1. The first-order valence-corrected chi connectivity index (χ1v) is 8.83. The van der Waals surface area contributed by atoms with E-state index in [0.29, 0.717) is 4.88 Å². The Balaban J connectivity index is 1.54. The molecule has 1 fully saturated rings. The van der Waals surface area contributed by atoms with Gasteiger partial charge in [-0.1, -0.05) is 17.8 Å². The smallest absolute Gasteiger partial charge is 0.265 e. The van der Waals surface area contributed by atoms with Crippen LogP contribution in [0.1, 0.15) is 47.2 Å². The van der Waals surface area contributed by atoms with E-state index in [9.17, 15) is 4.79 Å². The van der Waals surface area contributed by atoms with Crippen molar-refractivity contribution in [1.82, 2.24) is 25.1 Å². The minimum atomic E-state index is -0.0301. The van der Waals surface area contributed by atoms with Crippen LogP contribution < -0.4 is 10.2 Å². The molecule has 1 aliphatic rings. The molecule has 7 nitrogen and oxygen atoms in total. The lowest BCUT2D eigenvalue weighted by atomic mass is 10.0. The van der Waals surface area contributed by atoms with Crippen molar-refractivity contribution < 1.29 is 4.79 Å². The summed E-state index contributed by atoms with van der Waals surface area (Å²) in [6.45, 7) is 5.88. The highest BCUT2D eigenvalue weighted by Crippen LogP contribution is 2.19. The van der Waals surface area contributed by atoms with Crippen molar-refractivity contribution in [1.29, 1.82) is 0 Å². The van der Waals surface area contributed by atoms with E-state index < -0.39 is 0 Å². The zero-order valence-corrected chi connectivity index (χ0v) is 14.3. The normalized spacial score (nSPS) is 15.8. The second-order valence-corrected chi connectivity index (χ2v) is 6.70. The summed E-state index contributed by atoms with van der Waals surface area (Å²) < 4.78 is 3.92. The Labute approximate surface area is 139 Å². The number of nitrogens with zero attached hydrogens (tertiary/aromatic N) is 4. The Morgan fingerprint density at radius 2 is 2.26 bits per heavy atom. The first-order chi connectivity index (χ1) is 11.2. The quantitative estimate of drug-likeness (QED) is 0.872. The van der Waals surface area contributed by atoms with Gasteiger partial charge in [-0.2, -0.15) is 5.10 Å². The molecule has 3 heterocycles. The van der Waals surface area contributed by atoms with Gasteiger partial charge in [-0.25, -0.2) is 0 Å². The molecule has 0 saturated carbocycles. The van der Waals surface area contributed by atoms with E-state index in [0.717, 1.165) is 56.0 Å². The fourth-order valence-corrected chi connectivity index (χ4v) is 3.46. The van der Waals surface area contributed by atoms with E-state index >= 15 is 0 Å². The number of aromatic nitrogens is 4. The monoisotopic (exact) mass is 334 g/mol. The fourth-order valence-electron chi connectivity index (χ4n) is 2.85. The summed E-state index contributed by atoms with van der Waals surface area (Å²) in [7, 11) is 0. The van der Waals surface area contributed by atoms with Gasteiger partial charge in [0.15, 0.2) is 5.82 Å². The highest BCUT2D eigenvalue weighted by Gasteiger charge is 2.24. The molecular weight excluding hydrogens is 312 g/mol. The maximum Gasteiger partial charge on any atom is 0.265 e. The van der Waals surface area contributed by atoms with E-state index in [2.05, 4.69) is 43.0 Å². The molecule has 23 heavy (non-hydrogen) atoms. The summed E-state index contributed by atoms with van der Waals surface area (Å²) in [6.07, 6.45) is 3.61. The van der Waals surface area contributed by atoms with E-state index in [1.807, 2.05) is 6.92 Å². The average molecular weight is 334 g/mol. The Bertz CT molecular complexity index is 658. The highest BCUT2D eigenvalue weighted by molar-refractivity contribution is 7.08. The molecule has 0 radical (unpaired) electrons. The van der Waals surface area contributed by atoms with Gasteiger partial charge in [-0.05, 0) is 37.7 Å². The lowest BCUT2D eigenvalue weighted by molar-refractivity contribution is 0.0934. The molecule has 2 N–H and O–H groups in total. The van der Waals surface area contributed by atoms with Gasteiger partial charge in [0.1, 0.15) is 4.88 Å². The minimum Gasteiger partial charge on any atom is -0.355 e. The van der Waals surface area contributed by atoms with E-state index in [4.69, 9.17) is 0 Å². The first kappa shape index (κ1) is 15.9. The number of aryl methyl sites for hydroxylation is 2. The van der Waals surface area contributed by atoms with Crippen LogP contribution in [0.2, 0.25) is 0 Å². The molecule has 0 bridgehead atoms. The molecule has 124 valence electrons. The number of nitrogens with one attached hydrogen (secondary N) is 2. The summed E-state index contributed by atoms with van der Waals surface area (Å²) in [6, 6.07) is 2.26. The second-order valence-electron chi connectivity index (χ2n) is 5.94. The third kappa shape index (κ3) is 3.69. The molecule has 2 aromatic heterocycles. The van der Waals surface area contributed by atoms with Gasteiger partial charge in [0, 0.05) is 30.9 Å². The predicted octanol–water partition coefficient (Wildman–Crippen LogP) is 1.92. The number of carbonyl (C=O) groups excluding carboxylic acids is 1. The van der Waals surface area contributed by atoms with Crippen LogP contribution in [0.5, 0.6) is 0 Å². The number of hydrogen-bond acceptors (Lipinski definition) is 6. The zero-order valence-electron chi connectivity index (χ0n) is 13.5. The topological polar surface area (TPSA) is 86.8 Å². The summed E-state index contributed by atoms with van der Waals surface area (Å²) in [4.78, 5) is 15.3. The fraction of sp³-hybridized carbons (Fsp3) is 0.600. The number of hydrogen-bond donors (Lipinski definition) is 2. The van der Waals surface area contributed by atoms with Gasteiger partial charge < -0.3 is 10.2 Å². The van der Waals surface area contributed by atoms with Crippen molar-refractivity contribution in [3.8, 4) is 0 Å². The molecular formula is C15H22N6OS. The molecule has 2 aromatic rings. The molecule has 8 heteroatoms. The lowest BCUT2D eigenvalue weighted by Gasteiger charge is -2.32. The molecule has 1 amide bonds. The molecule has 0 unspecified atom stereocenters. The van der Waals surface area contributed by atoms with Crippen LogP contribution in [0.25, 0.3) is 0 Å². The predicted molar refractivity (Wildman–Crippen MR) is 89.9 cm³/mol. The Morgan fingerprint density at radius 1 is 1.48 bits per heavy atom. The second kappa shape index (κ2) is 7.08. The van der Waals surface area contributed by atoms with E-state index in [1.54, 1.807) is 0 Å². The van der Waals surface area contributed by atoms with E-state index in [1.165, 1.54) is 11.5 Å². The number of H-pyrrole nitrogens is 1. The first-order valence-electron chi connectivity index (χ1n) is 8.06. The van der Waals surface area contributed by atoms with Crippen LogP contribution in [-0.4, -0.2) is 44.8 Å². The highest BCUT2D eigenvalue weighted by atomic mass is 32.1. The molecule has 0 atom stereocenters. The third-order valence-corrected chi connectivity index (χ3v) is 4.86. The van der Waals surface area contributed by atoms with Gasteiger partial charge in [0.2, 0.25) is 0 Å². The number of amides is 1. The molecule has 1 saturated heterocycles. The Morgan fingerprint density at radius 3 is 2.91 bits per heavy atom. The third-order valence-electron chi connectivity index (χ3n) is 4.10. The average Bonchev–Trinajstić information content (AvgIpc) is 3.17. The molecule has 3 rings (SSSR count). The molecule has 0 spiro atoms. The summed E-state index contributed by atoms with van der Waals surface area (Å²) in [5.74, 6) is 0.960. The SMILES string of the molecule is CCCc1nnsc1C(=O)NC1CCN(c2cc(C)[nH]n2)CC1. The maximum absolute atomic E-state index is 12.4. The summed E-state index contributed by atoms with van der Waals surface area (Å²) >= 11 is 1.19. The van der Waals surface area contributed by atoms with Crippen LogP contribution in [0.3, 0.4) is 0 Å². The van der Waals surface area contributed by atoms with Crippen molar-refractivity contribution in [2.45, 2.75) is 45.6 Å². The molecule has 1 aliphatic heterocycles. The minimum absolute atomic E-state index is 0.0301. The van der Waals surface area contributed by atoms with Crippen LogP contribution in [0.15, 0.2) is 6.07 Å². The van der Waals surface area contributed by atoms with Crippen LogP contribution in [-0.2, 0) is 6.42 Å². The largest absolute Gasteiger partial charge is 0.355 e. The van der Waals surface area contributed by atoms with Gasteiger partial charge >= 0.3 is 0 Å². The maximum atomic E-state index is 12.4. The van der Waals surface area contributed by atoms with Crippen molar-refractivity contribution in [2.75, 3.05) is 18.0 Å². The molecule has 0 aromatic carbocycles. The zero-order chi connectivity index (χ0) is 16.2. The van der Waals surface area contributed by atoms with Crippen LogP contribution in [0, 0.1) is 6.92 Å². The summed E-state index contributed by atoms with van der Waals surface area (Å²) in [5, 5.41) is 14.5. The van der Waals surface area contributed by atoms with Gasteiger partial charge in [0.25, 0.3) is 5.91 Å². The van der Waals surface area contributed by atoms with Gasteiger partial charge in [0.05, 0.1) is 5.69 Å². The number of anilines is 1. The Hall–Kier alpha value is -1.96. The van der Waals surface area contributed by atoms with Crippen molar-refractivity contribution in [3.05, 3.63) is 22.3 Å². The van der Waals surface area contributed by atoms with Gasteiger partial charge in [-0.3, -0.25) is 9.89 Å². The van der Waals surface area contributed by atoms with Crippen molar-refractivity contribution in [3.63, 3.8) is 0 Å². The van der Waals surface area contributed by atoms with E-state index in [-0.39, 0.29) is 11.9 Å².